The Morgan fingerprint density at radius 3 is 1.34 bits per heavy atom. The summed E-state index contributed by atoms with van der Waals surface area (Å²) in [6.45, 7) is 0. The molecule has 6 aromatic carbocycles. The van der Waals surface area contributed by atoms with Gasteiger partial charge in [0.05, 0.1) is 34.9 Å². The van der Waals surface area contributed by atoms with Crippen LogP contribution < -0.4 is 0 Å². The third-order valence-corrected chi connectivity index (χ3v) is 6.94. The molecule has 0 unspecified atom stereocenters. The molecule has 38 heavy (non-hydrogen) atoms. The van der Waals surface area contributed by atoms with Crippen LogP contribution >= 0.6 is 0 Å². The molecule has 6 aromatic rings. The Bertz CT molecular complexity index is 1960. The summed E-state index contributed by atoms with van der Waals surface area (Å²) < 4.78 is 0. The predicted octanol–water partition coefficient (Wildman–Crippen LogP) is 8.61. The summed E-state index contributed by atoms with van der Waals surface area (Å²) in [5, 5.41) is 32.7. The average Bonchev–Trinajstić information content (AvgIpc) is 2.99. The number of fused-ring (bicyclic) bond motifs is 2. The monoisotopic (exact) mass is 481 g/mol. The van der Waals surface area contributed by atoms with Gasteiger partial charge in [0.25, 0.3) is 0 Å². The van der Waals surface area contributed by atoms with E-state index in [0.717, 1.165) is 54.9 Å². The lowest BCUT2D eigenvalue weighted by molar-refractivity contribution is 1.47. The van der Waals surface area contributed by atoms with Crippen molar-refractivity contribution in [2.45, 2.75) is 0 Å². The molecule has 0 aliphatic heterocycles. The van der Waals surface area contributed by atoms with Crippen molar-refractivity contribution in [2.75, 3.05) is 0 Å². The second-order valence-electron chi connectivity index (χ2n) is 9.16. The van der Waals surface area contributed by atoms with E-state index in [0.29, 0.717) is 16.7 Å². The highest BCUT2D eigenvalue weighted by molar-refractivity contribution is 6.13. The Hall–Kier alpha value is -5.69. The van der Waals surface area contributed by atoms with Gasteiger partial charge < -0.3 is 0 Å². The molecule has 0 N–H and O–H groups in total. The number of hydrogen-bond acceptors (Lipinski definition) is 3. The quantitative estimate of drug-likeness (QED) is 0.238. The molecule has 0 saturated heterocycles. The molecule has 0 bridgehead atoms. The molecule has 0 heterocycles. The highest BCUT2D eigenvalue weighted by Crippen LogP contribution is 2.45. The highest BCUT2D eigenvalue weighted by Gasteiger charge is 2.19. The number of nitriles is 3. The van der Waals surface area contributed by atoms with Crippen molar-refractivity contribution in [3.05, 3.63) is 132 Å². The molecule has 6 rings (SSSR count). The molecular formula is C35H19N3. The van der Waals surface area contributed by atoms with Crippen molar-refractivity contribution in [1.82, 2.24) is 0 Å². The first-order valence-corrected chi connectivity index (χ1v) is 12.2. The fraction of sp³-hybridized carbons (Fsp3) is 0. The van der Waals surface area contributed by atoms with Gasteiger partial charge in [-0.05, 0) is 110 Å². The van der Waals surface area contributed by atoms with Gasteiger partial charge in [-0.1, -0.05) is 60.7 Å². The maximum Gasteiger partial charge on any atom is 0.0991 e. The molecule has 0 aromatic heterocycles. The van der Waals surface area contributed by atoms with Gasteiger partial charge in [-0.25, -0.2) is 0 Å². The molecule has 0 aliphatic rings. The number of nitrogens with zero attached hydrogens (tertiary/aromatic N) is 3. The molecule has 0 saturated carbocycles. The normalized spacial score (nSPS) is 10.6. The lowest BCUT2D eigenvalue weighted by atomic mass is 9.83. The van der Waals surface area contributed by atoms with Crippen LogP contribution in [0.1, 0.15) is 16.7 Å². The van der Waals surface area contributed by atoms with E-state index in [4.69, 9.17) is 0 Å². The molecule has 0 aliphatic carbocycles. The summed E-state index contributed by atoms with van der Waals surface area (Å²) in [4.78, 5) is 0. The van der Waals surface area contributed by atoms with Crippen LogP contribution in [0.25, 0.3) is 54.9 Å². The van der Waals surface area contributed by atoms with Crippen molar-refractivity contribution in [1.29, 1.82) is 15.8 Å². The molecule has 0 radical (unpaired) electrons. The van der Waals surface area contributed by atoms with Gasteiger partial charge in [0.1, 0.15) is 0 Å². The van der Waals surface area contributed by atoms with Gasteiger partial charge in [-0.2, -0.15) is 15.8 Å². The second kappa shape index (κ2) is 9.40. The fourth-order valence-electron chi connectivity index (χ4n) is 5.07. The standard InChI is InChI=1S/C35H19N3/c36-20-23-5-11-26(12-6-23)32-19-31-17-29-3-1-2-4-30(29)18-33(31)35(28-15-9-25(22-38)10-16-28)34(32)27-13-7-24(21-37)8-14-27/h1-19H. The largest absolute Gasteiger partial charge is 0.192 e. The zero-order valence-corrected chi connectivity index (χ0v) is 20.3. The Morgan fingerprint density at radius 1 is 0.395 bits per heavy atom. The van der Waals surface area contributed by atoms with E-state index in [2.05, 4.69) is 48.5 Å². The summed E-state index contributed by atoms with van der Waals surface area (Å²) in [7, 11) is 0. The van der Waals surface area contributed by atoms with Crippen LogP contribution in [0.15, 0.2) is 115 Å². The van der Waals surface area contributed by atoms with Crippen LogP contribution in [-0.2, 0) is 0 Å². The first-order valence-electron chi connectivity index (χ1n) is 12.2. The van der Waals surface area contributed by atoms with E-state index >= 15 is 0 Å². The lowest BCUT2D eigenvalue weighted by Gasteiger charge is -2.20. The van der Waals surface area contributed by atoms with E-state index in [1.165, 1.54) is 0 Å². The molecule has 0 fully saturated rings. The minimum absolute atomic E-state index is 0.598. The van der Waals surface area contributed by atoms with Crippen molar-refractivity contribution >= 4 is 21.5 Å². The topological polar surface area (TPSA) is 71.4 Å². The molecule has 174 valence electrons. The maximum absolute atomic E-state index is 9.41. The number of rotatable bonds is 3. The molecule has 0 spiro atoms. The third kappa shape index (κ3) is 3.94. The van der Waals surface area contributed by atoms with Crippen LogP contribution in [-0.4, -0.2) is 0 Å². The lowest BCUT2D eigenvalue weighted by Crippen LogP contribution is -1.94. The summed E-state index contributed by atoms with van der Waals surface area (Å²) in [6.07, 6.45) is 0. The SMILES string of the molecule is N#Cc1ccc(-c2cc3cc4ccccc4cc3c(-c3ccc(C#N)cc3)c2-c2ccc(C#N)cc2)cc1. The maximum atomic E-state index is 9.41. The summed E-state index contributed by atoms with van der Waals surface area (Å²) in [5.41, 5.74) is 7.90. The number of benzene rings is 6. The Labute approximate surface area is 220 Å². The highest BCUT2D eigenvalue weighted by atomic mass is 14.3. The second-order valence-corrected chi connectivity index (χ2v) is 9.16. The smallest absolute Gasteiger partial charge is 0.0991 e. The predicted molar refractivity (Wildman–Crippen MR) is 152 cm³/mol. The van der Waals surface area contributed by atoms with Crippen LogP contribution in [0.3, 0.4) is 0 Å². The van der Waals surface area contributed by atoms with Gasteiger partial charge in [0.15, 0.2) is 0 Å². The van der Waals surface area contributed by atoms with Gasteiger partial charge in [-0.3, -0.25) is 0 Å². The third-order valence-electron chi connectivity index (χ3n) is 6.94. The van der Waals surface area contributed by atoms with Crippen LogP contribution in [0, 0.1) is 34.0 Å². The van der Waals surface area contributed by atoms with E-state index < -0.39 is 0 Å². The minimum Gasteiger partial charge on any atom is -0.192 e. The van der Waals surface area contributed by atoms with E-state index in [1.807, 2.05) is 84.9 Å². The average molecular weight is 482 g/mol. The van der Waals surface area contributed by atoms with Crippen molar-refractivity contribution in [2.24, 2.45) is 0 Å². The zero-order chi connectivity index (χ0) is 26.1. The molecule has 0 atom stereocenters. The first kappa shape index (κ1) is 22.8. The van der Waals surface area contributed by atoms with Crippen LogP contribution in [0.2, 0.25) is 0 Å². The van der Waals surface area contributed by atoms with Crippen molar-refractivity contribution in [3.63, 3.8) is 0 Å². The summed E-state index contributed by atoms with van der Waals surface area (Å²) >= 11 is 0. The zero-order valence-electron chi connectivity index (χ0n) is 20.3. The van der Waals surface area contributed by atoms with Crippen molar-refractivity contribution < 1.29 is 0 Å². The van der Waals surface area contributed by atoms with Gasteiger partial charge >= 0.3 is 0 Å². The Kier molecular flexibility index (Phi) is 5.63. The summed E-state index contributed by atoms with van der Waals surface area (Å²) in [5.74, 6) is 0. The first-order chi connectivity index (χ1) is 18.7. The molecule has 3 heteroatoms. The van der Waals surface area contributed by atoms with Gasteiger partial charge in [0, 0.05) is 0 Å². The number of hydrogen-bond donors (Lipinski definition) is 0. The summed E-state index contributed by atoms with van der Waals surface area (Å²) in [6, 6.07) is 44.6. The Morgan fingerprint density at radius 2 is 0.842 bits per heavy atom. The molecular weight excluding hydrogens is 462 g/mol. The van der Waals surface area contributed by atoms with Gasteiger partial charge in [0.2, 0.25) is 0 Å². The van der Waals surface area contributed by atoms with Crippen LogP contribution in [0.4, 0.5) is 0 Å². The molecule has 3 nitrogen and oxygen atoms in total. The van der Waals surface area contributed by atoms with Crippen molar-refractivity contribution in [3.8, 4) is 51.6 Å². The van der Waals surface area contributed by atoms with E-state index in [1.54, 1.807) is 0 Å². The van der Waals surface area contributed by atoms with E-state index in [-0.39, 0.29) is 0 Å². The van der Waals surface area contributed by atoms with Gasteiger partial charge in [-0.15, -0.1) is 0 Å². The fourth-order valence-corrected chi connectivity index (χ4v) is 5.07. The van der Waals surface area contributed by atoms with E-state index in [9.17, 15) is 15.8 Å². The van der Waals surface area contributed by atoms with Crippen LogP contribution in [0.5, 0.6) is 0 Å². The molecule has 0 amide bonds. The Balaban J connectivity index is 1.78. The minimum atomic E-state index is 0.598.